The maximum absolute atomic E-state index is 3.64. The lowest BCUT2D eigenvalue weighted by Gasteiger charge is -2.18. The topological polar surface area (TPSA) is 12.0 Å². The number of hydrogen-bond acceptors (Lipinski definition) is 2. The van der Waals surface area contributed by atoms with Gasteiger partial charge in [0.2, 0.25) is 0 Å². The number of halogens is 1. The fraction of sp³-hybridized carbons (Fsp3) is 0.375. The summed E-state index contributed by atoms with van der Waals surface area (Å²) in [7, 11) is 0. The first-order valence-corrected chi connectivity index (χ1v) is 8.48. The lowest BCUT2D eigenvalue weighted by atomic mass is 9.99. The molecule has 0 radical (unpaired) electrons. The highest BCUT2D eigenvalue weighted by atomic mass is 79.9. The Balaban J connectivity index is 2.25. The minimum atomic E-state index is 0.299. The zero-order valence-corrected chi connectivity index (χ0v) is 13.9. The second kappa shape index (κ2) is 7.22. The van der Waals surface area contributed by atoms with Crippen molar-refractivity contribution in [1.82, 2.24) is 5.32 Å². The average Bonchev–Trinajstić information content (AvgIpc) is 2.86. The second-order valence-corrected chi connectivity index (χ2v) is 6.96. The Hall–Kier alpha value is -0.640. The summed E-state index contributed by atoms with van der Waals surface area (Å²) in [6.45, 7) is 5.43. The van der Waals surface area contributed by atoms with Crippen LogP contribution in [0.3, 0.4) is 0 Å². The van der Waals surface area contributed by atoms with E-state index in [9.17, 15) is 0 Å². The van der Waals surface area contributed by atoms with Crippen molar-refractivity contribution >= 4 is 27.3 Å². The van der Waals surface area contributed by atoms with Crippen molar-refractivity contribution in [3.8, 4) is 0 Å². The van der Waals surface area contributed by atoms with Crippen LogP contribution in [0.5, 0.6) is 0 Å². The van der Waals surface area contributed by atoms with Crippen molar-refractivity contribution in [1.29, 1.82) is 0 Å². The van der Waals surface area contributed by atoms with Gasteiger partial charge in [0.05, 0.1) is 9.83 Å². The molecule has 0 saturated heterocycles. The zero-order valence-electron chi connectivity index (χ0n) is 11.4. The van der Waals surface area contributed by atoms with Crippen molar-refractivity contribution < 1.29 is 0 Å². The van der Waals surface area contributed by atoms with Gasteiger partial charge < -0.3 is 5.32 Å². The summed E-state index contributed by atoms with van der Waals surface area (Å²) in [4.78, 5) is 0. The number of benzene rings is 1. The Morgan fingerprint density at radius 3 is 2.42 bits per heavy atom. The summed E-state index contributed by atoms with van der Waals surface area (Å²) in [5.74, 6) is 0. The SMILES string of the molecule is CCCNC(c1ccc(CC)cc1)c1csc(Br)c1. The number of rotatable bonds is 6. The molecule has 0 aliphatic carbocycles. The Bertz CT molecular complexity index is 504. The van der Waals surface area contributed by atoms with Gasteiger partial charge in [0.15, 0.2) is 0 Å². The molecule has 1 nitrogen and oxygen atoms in total. The fourth-order valence-electron chi connectivity index (χ4n) is 2.14. The highest BCUT2D eigenvalue weighted by Gasteiger charge is 2.14. The minimum Gasteiger partial charge on any atom is -0.306 e. The van der Waals surface area contributed by atoms with Gasteiger partial charge in [0.1, 0.15) is 0 Å². The summed E-state index contributed by atoms with van der Waals surface area (Å²) in [6, 6.07) is 11.5. The molecular weight excluding hydrogens is 318 g/mol. The normalized spacial score (nSPS) is 12.6. The van der Waals surface area contributed by atoms with Gasteiger partial charge >= 0.3 is 0 Å². The minimum absolute atomic E-state index is 0.299. The molecule has 102 valence electrons. The highest BCUT2D eigenvalue weighted by Crippen LogP contribution is 2.29. The monoisotopic (exact) mass is 337 g/mol. The molecule has 2 rings (SSSR count). The van der Waals surface area contributed by atoms with E-state index in [1.54, 1.807) is 11.3 Å². The highest BCUT2D eigenvalue weighted by molar-refractivity contribution is 9.11. The molecule has 0 aliphatic heterocycles. The molecule has 0 spiro atoms. The van der Waals surface area contributed by atoms with Crippen LogP contribution < -0.4 is 5.32 Å². The van der Waals surface area contributed by atoms with Crippen LogP contribution in [0, 0.1) is 0 Å². The first kappa shape index (κ1) is 14.8. The third-order valence-corrected chi connectivity index (χ3v) is 4.76. The van der Waals surface area contributed by atoms with Crippen molar-refractivity contribution in [2.75, 3.05) is 6.54 Å². The molecule has 1 unspecified atom stereocenters. The molecule has 0 saturated carbocycles. The number of nitrogens with one attached hydrogen (secondary N) is 1. The molecule has 1 N–H and O–H groups in total. The first-order chi connectivity index (χ1) is 9.24. The predicted molar refractivity (Wildman–Crippen MR) is 88.0 cm³/mol. The molecule has 2 aromatic rings. The van der Waals surface area contributed by atoms with Crippen molar-refractivity contribution in [3.63, 3.8) is 0 Å². The predicted octanol–water partition coefficient (Wildman–Crippen LogP) is 5.16. The number of thiophene rings is 1. The summed E-state index contributed by atoms with van der Waals surface area (Å²) in [6.07, 6.45) is 2.24. The Morgan fingerprint density at radius 1 is 1.16 bits per heavy atom. The summed E-state index contributed by atoms with van der Waals surface area (Å²) in [5, 5.41) is 5.87. The molecule has 1 heterocycles. The van der Waals surface area contributed by atoms with Gasteiger partial charge in [-0.15, -0.1) is 11.3 Å². The molecule has 0 amide bonds. The fourth-order valence-corrected chi connectivity index (χ4v) is 3.34. The largest absolute Gasteiger partial charge is 0.306 e. The summed E-state index contributed by atoms with van der Waals surface area (Å²) >= 11 is 5.30. The average molecular weight is 338 g/mol. The third kappa shape index (κ3) is 3.91. The van der Waals surface area contributed by atoms with Crippen molar-refractivity contribution in [3.05, 3.63) is 56.2 Å². The van der Waals surface area contributed by atoms with E-state index < -0.39 is 0 Å². The van der Waals surface area contributed by atoms with E-state index in [-0.39, 0.29) is 0 Å². The molecule has 0 aliphatic rings. The van der Waals surface area contributed by atoms with Crippen LogP contribution in [0.4, 0.5) is 0 Å². The van der Waals surface area contributed by atoms with E-state index in [1.165, 1.54) is 20.5 Å². The Kier molecular flexibility index (Phi) is 5.61. The van der Waals surface area contributed by atoms with E-state index in [0.717, 1.165) is 19.4 Å². The zero-order chi connectivity index (χ0) is 13.7. The van der Waals surface area contributed by atoms with Crippen LogP contribution in [-0.2, 0) is 6.42 Å². The van der Waals surface area contributed by atoms with Crippen LogP contribution in [0.1, 0.15) is 43.0 Å². The molecule has 1 aromatic carbocycles. The molecule has 0 fully saturated rings. The van der Waals surface area contributed by atoms with Crippen molar-refractivity contribution in [2.45, 2.75) is 32.7 Å². The first-order valence-electron chi connectivity index (χ1n) is 6.80. The van der Waals surface area contributed by atoms with Crippen LogP contribution in [0.25, 0.3) is 0 Å². The van der Waals surface area contributed by atoms with Gasteiger partial charge in [-0.3, -0.25) is 0 Å². The van der Waals surface area contributed by atoms with Gasteiger partial charge in [0, 0.05) is 0 Å². The van der Waals surface area contributed by atoms with E-state index in [4.69, 9.17) is 0 Å². The Morgan fingerprint density at radius 2 is 1.89 bits per heavy atom. The number of hydrogen-bond donors (Lipinski definition) is 1. The molecule has 0 bridgehead atoms. The van der Waals surface area contributed by atoms with E-state index in [2.05, 4.69) is 70.8 Å². The van der Waals surface area contributed by atoms with Crippen LogP contribution in [0.15, 0.2) is 39.5 Å². The van der Waals surface area contributed by atoms with Crippen molar-refractivity contribution in [2.24, 2.45) is 0 Å². The van der Waals surface area contributed by atoms with Gasteiger partial charge in [0.25, 0.3) is 0 Å². The maximum atomic E-state index is 3.64. The van der Waals surface area contributed by atoms with E-state index in [0.29, 0.717) is 6.04 Å². The van der Waals surface area contributed by atoms with E-state index in [1.807, 2.05) is 0 Å². The molecular formula is C16H20BrNS. The van der Waals surface area contributed by atoms with Crippen LogP contribution in [-0.4, -0.2) is 6.54 Å². The summed E-state index contributed by atoms with van der Waals surface area (Å²) < 4.78 is 1.19. The molecule has 1 aromatic heterocycles. The van der Waals surface area contributed by atoms with Crippen LogP contribution >= 0.6 is 27.3 Å². The maximum Gasteiger partial charge on any atom is 0.0701 e. The van der Waals surface area contributed by atoms with Gasteiger partial charge in [-0.25, -0.2) is 0 Å². The third-order valence-electron chi connectivity index (χ3n) is 3.24. The van der Waals surface area contributed by atoms with Gasteiger partial charge in [-0.1, -0.05) is 38.1 Å². The Labute approximate surface area is 128 Å². The second-order valence-electron chi connectivity index (χ2n) is 4.67. The smallest absolute Gasteiger partial charge is 0.0701 e. The summed E-state index contributed by atoms with van der Waals surface area (Å²) in [5.41, 5.74) is 4.08. The standard InChI is InChI=1S/C16H20BrNS/c1-3-9-18-16(14-10-15(17)19-11-14)13-7-5-12(4-2)6-8-13/h5-8,10-11,16,18H,3-4,9H2,1-2H3. The molecule has 1 atom stereocenters. The van der Waals surface area contributed by atoms with E-state index >= 15 is 0 Å². The lowest BCUT2D eigenvalue weighted by molar-refractivity contribution is 0.600. The molecule has 19 heavy (non-hydrogen) atoms. The molecule has 3 heteroatoms. The van der Waals surface area contributed by atoms with Gasteiger partial charge in [-0.2, -0.15) is 0 Å². The van der Waals surface area contributed by atoms with Gasteiger partial charge in [-0.05, 0) is 63.5 Å². The quantitative estimate of drug-likeness (QED) is 0.767. The number of aryl methyl sites for hydroxylation is 1. The van der Waals surface area contributed by atoms with Crippen LogP contribution in [0.2, 0.25) is 0 Å². The lowest BCUT2D eigenvalue weighted by Crippen LogP contribution is -2.22.